The van der Waals surface area contributed by atoms with E-state index < -0.39 is 0 Å². The Kier molecular flexibility index (Phi) is 5.20. The van der Waals surface area contributed by atoms with Gasteiger partial charge >= 0.3 is 0 Å². The predicted octanol–water partition coefficient (Wildman–Crippen LogP) is 2.71. The normalized spacial score (nSPS) is 22.7. The fourth-order valence-electron chi connectivity index (χ4n) is 3.55. The van der Waals surface area contributed by atoms with Gasteiger partial charge in [-0.3, -0.25) is 4.79 Å². The molecule has 0 aromatic rings. The van der Waals surface area contributed by atoms with Crippen LogP contribution in [0.4, 0.5) is 0 Å². The highest BCUT2D eigenvalue weighted by Gasteiger charge is 2.38. The first kappa shape index (κ1) is 15.5. The molecule has 0 aromatic carbocycles. The molecule has 0 aromatic heterocycles. The van der Waals surface area contributed by atoms with Crippen LogP contribution in [0, 0.1) is 10.8 Å². The molecule has 106 valence electrons. The Bertz CT molecular complexity index is 268. The monoisotopic (exact) mass is 254 g/mol. The minimum absolute atomic E-state index is 0.123. The van der Waals surface area contributed by atoms with E-state index in [9.17, 15) is 4.79 Å². The molecule has 1 saturated carbocycles. The highest BCUT2D eigenvalue weighted by molar-refractivity contribution is 5.77. The van der Waals surface area contributed by atoms with Crippen molar-refractivity contribution in [1.29, 1.82) is 0 Å². The maximum Gasteiger partial charge on any atom is 0.233 e. The highest BCUT2D eigenvalue weighted by Crippen LogP contribution is 2.45. The Labute approximate surface area is 112 Å². The van der Waals surface area contributed by atoms with E-state index in [0.29, 0.717) is 23.4 Å². The zero-order valence-electron chi connectivity index (χ0n) is 12.7. The van der Waals surface area contributed by atoms with Crippen LogP contribution in [0.1, 0.15) is 60.3 Å². The van der Waals surface area contributed by atoms with Gasteiger partial charge in [0.05, 0.1) is 6.54 Å². The molecular weight excluding hydrogens is 224 g/mol. The van der Waals surface area contributed by atoms with Crippen molar-refractivity contribution >= 4 is 5.91 Å². The summed E-state index contributed by atoms with van der Waals surface area (Å²) < 4.78 is 0. The van der Waals surface area contributed by atoms with E-state index in [-0.39, 0.29) is 5.91 Å². The molecular formula is C15H30N2O. The highest BCUT2D eigenvalue weighted by atomic mass is 16.1. The van der Waals surface area contributed by atoms with Crippen LogP contribution in [0.25, 0.3) is 0 Å². The number of carbonyl (C=O) groups excluding carboxylic acids is 1. The first-order valence-electron chi connectivity index (χ1n) is 7.24. The minimum atomic E-state index is 0.123. The molecule has 0 radical (unpaired) electrons. The van der Waals surface area contributed by atoms with Crippen molar-refractivity contribution in [3.05, 3.63) is 0 Å². The lowest BCUT2D eigenvalue weighted by Gasteiger charge is -2.45. The average molecular weight is 254 g/mol. The topological polar surface area (TPSA) is 41.1 Å². The average Bonchev–Trinajstić information content (AvgIpc) is 2.19. The summed E-state index contributed by atoms with van der Waals surface area (Å²) in [5.74, 6) is 0.123. The lowest BCUT2D eigenvalue weighted by atomic mass is 9.63. The van der Waals surface area contributed by atoms with Crippen molar-refractivity contribution in [3.63, 3.8) is 0 Å². The van der Waals surface area contributed by atoms with E-state index >= 15 is 0 Å². The van der Waals surface area contributed by atoms with Crippen LogP contribution < -0.4 is 10.6 Å². The third-order valence-electron chi connectivity index (χ3n) is 3.68. The predicted molar refractivity (Wildman–Crippen MR) is 76.5 cm³/mol. The quantitative estimate of drug-likeness (QED) is 0.792. The number of amides is 1. The lowest BCUT2D eigenvalue weighted by Crippen LogP contribution is -2.47. The molecule has 18 heavy (non-hydrogen) atoms. The van der Waals surface area contributed by atoms with Crippen LogP contribution in [0.2, 0.25) is 0 Å². The molecule has 1 aliphatic rings. The fraction of sp³-hybridized carbons (Fsp3) is 0.933. The van der Waals surface area contributed by atoms with Gasteiger partial charge in [-0.15, -0.1) is 0 Å². The Morgan fingerprint density at radius 3 is 2.22 bits per heavy atom. The van der Waals surface area contributed by atoms with Crippen molar-refractivity contribution in [3.8, 4) is 0 Å². The van der Waals surface area contributed by atoms with E-state index in [1.165, 1.54) is 6.42 Å². The zero-order valence-corrected chi connectivity index (χ0v) is 12.7. The second-order valence-corrected chi connectivity index (χ2v) is 7.34. The minimum Gasteiger partial charge on any atom is -0.355 e. The smallest absolute Gasteiger partial charge is 0.233 e. The van der Waals surface area contributed by atoms with Crippen LogP contribution in [0.15, 0.2) is 0 Å². The number of hydrogen-bond acceptors (Lipinski definition) is 2. The molecule has 3 nitrogen and oxygen atoms in total. The molecule has 0 bridgehead atoms. The molecule has 0 spiro atoms. The first-order valence-corrected chi connectivity index (χ1v) is 7.24. The lowest BCUT2D eigenvalue weighted by molar-refractivity contribution is -0.120. The van der Waals surface area contributed by atoms with Crippen LogP contribution in [-0.4, -0.2) is 25.0 Å². The second-order valence-electron chi connectivity index (χ2n) is 7.34. The van der Waals surface area contributed by atoms with E-state index in [4.69, 9.17) is 0 Å². The standard InChI is InChI=1S/C15H30N2O/c1-6-7-16-13(18)10-17-12-8-14(2,3)11-15(4,5)9-12/h12,17H,6-11H2,1-5H3,(H,16,18). The maximum atomic E-state index is 11.6. The zero-order chi connectivity index (χ0) is 13.8. The third kappa shape index (κ3) is 5.38. The SMILES string of the molecule is CCCNC(=O)CNC1CC(C)(C)CC(C)(C)C1. The molecule has 0 saturated heterocycles. The van der Waals surface area contributed by atoms with Gasteiger partial charge in [0.25, 0.3) is 0 Å². The van der Waals surface area contributed by atoms with Crippen molar-refractivity contribution < 1.29 is 4.79 Å². The molecule has 0 atom stereocenters. The number of hydrogen-bond donors (Lipinski definition) is 2. The summed E-state index contributed by atoms with van der Waals surface area (Å²) in [5.41, 5.74) is 0.749. The molecule has 0 heterocycles. The molecule has 3 heteroatoms. The third-order valence-corrected chi connectivity index (χ3v) is 3.68. The molecule has 0 unspecified atom stereocenters. The summed E-state index contributed by atoms with van der Waals surface area (Å²) in [7, 11) is 0. The van der Waals surface area contributed by atoms with Crippen molar-refractivity contribution in [1.82, 2.24) is 10.6 Å². The molecule has 1 fully saturated rings. The summed E-state index contributed by atoms with van der Waals surface area (Å²) in [6.45, 7) is 12.6. The molecule has 1 rings (SSSR count). The second kappa shape index (κ2) is 6.05. The van der Waals surface area contributed by atoms with Gasteiger partial charge in [-0.25, -0.2) is 0 Å². The van der Waals surface area contributed by atoms with Gasteiger partial charge in [-0.05, 0) is 36.5 Å². The van der Waals surface area contributed by atoms with E-state index in [0.717, 1.165) is 25.8 Å². The maximum absolute atomic E-state index is 11.6. The summed E-state index contributed by atoms with van der Waals surface area (Å²) in [6.07, 6.45) is 4.59. The molecule has 1 aliphatic carbocycles. The van der Waals surface area contributed by atoms with E-state index in [1.807, 2.05) is 0 Å². The largest absolute Gasteiger partial charge is 0.355 e. The molecule has 0 aliphatic heterocycles. The Morgan fingerprint density at radius 2 is 1.72 bits per heavy atom. The first-order chi connectivity index (χ1) is 8.24. The Balaban J connectivity index is 2.40. The summed E-state index contributed by atoms with van der Waals surface area (Å²) in [4.78, 5) is 11.6. The summed E-state index contributed by atoms with van der Waals surface area (Å²) in [6, 6.07) is 0.469. The van der Waals surface area contributed by atoms with Crippen LogP contribution in [-0.2, 0) is 4.79 Å². The fourth-order valence-corrected chi connectivity index (χ4v) is 3.55. The van der Waals surface area contributed by atoms with Gasteiger partial charge in [-0.2, -0.15) is 0 Å². The Hall–Kier alpha value is -0.570. The number of nitrogens with one attached hydrogen (secondary N) is 2. The van der Waals surface area contributed by atoms with Crippen LogP contribution in [0.3, 0.4) is 0 Å². The molecule has 2 N–H and O–H groups in total. The van der Waals surface area contributed by atoms with Gasteiger partial charge in [0.1, 0.15) is 0 Å². The van der Waals surface area contributed by atoms with Gasteiger partial charge in [-0.1, -0.05) is 34.6 Å². The van der Waals surface area contributed by atoms with Crippen molar-refractivity contribution in [2.24, 2.45) is 10.8 Å². The van der Waals surface area contributed by atoms with Crippen molar-refractivity contribution in [2.45, 2.75) is 66.3 Å². The van der Waals surface area contributed by atoms with Gasteiger partial charge in [0, 0.05) is 12.6 Å². The van der Waals surface area contributed by atoms with Gasteiger partial charge in [0.2, 0.25) is 5.91 Å². The summed E-state index contributed by atoms with van der Waals surface area (Å²) in [5, 5.41) is 6.34. The van der Waals surface area contributed by atoms with Crippen LogP contribution in [0.5, 0.6) is 0 Å². The number of carbonyl (C=O) groups is 1. The van der Waals surface area contributed by atoms with Crippen LogP contribution >= 0.6 is 0 Å². The molecule has 1 amide bonds. The van der Waals surface area contributed by atoms with Crippen molar-refractivity contribution in [2.75, 3.05) is 13.1 Å². The van der Waals surface area contributed by atoms with Gasteiger partial charge in [0.15, 0.2) is 0 Å². The summed E-state index contributed by atoms with van der Waals surface area (Å²) >= 11 is 0. The van der Waals surface area contributed by atoms with E-state index in [1.54, 1.807) is 0 Å². The Morgan fingerprint density at radius 1 is 1.17 bits per heavy atom. The van der Waals surface area contributed by atoms with E-state index in [2.05, 4.69) is 45.3 Å². The van der Waals surface area contributed by atoms with Gasteiger partial charge < -0.3 is 10.6 Å². The number of rotatable bonds is 5.